The highest BCUT2D eigenvalue weighted by Crippen LogP contribution is 2.10. The van der Waals surface area contributed by atoms with Crippen LogP contribution >= 0.6 is 0 Å². The number of hydrogen-bond donors (Lipinski definition) is 1. The number of carbonyl (C=O) groups excluding carboxylic acids is 1. The number of ether oxygens (including phenoxy) is 1. The van der Waals surface area contributed by atoms with E-state index in [1.165, 1.54) is 0 Å². The van der Waals surface area contributed by atoms with Crippen LogP contribution in [0, 0.1) is 0 Å². The van der Waals surface area contributed by atoms with Crippen molar-refractivity contribution in [2.75, 3.05) is 26.2 Å². The van der Waals surface area contributed by atoms with Crippen LogP contribution in [0.5, 0.6) is 0 Å². The van der Waals surface area contributed by atoms with Gasteiger partial charge in [0.1, 0.15) is 6.10 Å². The van der Waals surface area contributed by atoms with Crippen molar-refractivity contribution in [2.45, 2.75) is 19.6 Å². The van der Waals surface area contributed by atoms with E-state index in [4.69, 9.17) is 4.74 Å². The molecular weight excluding hydrogens is 268 g/mol. The molecule has 112 valence electrons. The first kappa shape index (κ1) is 14.0. The fourth-order valence-electron chi connectivity index (χ4n) is 2.57. The van der Waals surface area contributed by atoms with Crippen molar-refractivity contribution < 1.29 is 9.53 Å². The zero-order chi connectivity index (χ0) is 14.7. The molecule has 1 fully saturated rings. The number of nitrogens with zero attached hydrogens (tertiary/aromatic N) is 3. The number of likely N-dealkylation sites (N-methyl/N-ethyl adjacent to an activating group) is 1. The van der Waals surface area contributed by atoms with Gasteiger partial charge in [0, 0.05) is 31.4 Å². The van der Waals surface area contributed by atoms with E-state index in [0.717, 1.165) is 24.2 Å². The molecule has 3 rings (SSSR count). The second-order valence-electron chi connectivity index (χ2n) is 5.17. The first-order chi connectivity index (χ1) is 10.3. The highest BCUT2D eigenvalue weighted by Gasteiger charge is 2.25. The fourth-order valence-corrected chi connectivity index (χ4v) is 2.57. The lowest BCUT2D eigenvalue weighted by Crippen LogP contribution is -2.49. The topological polar surface area (TPSA) is 58.9 Å². The second kappa shape index (κ2) is 6.24. The van der Waals surface area contributed by atoms with Gasteiger partial charge in [-0.3, -0.25) is 9.69 Å². The lowest BCUT2D eigenvalue weighted by molar-refractivity contribution is -0.138. The van der Waals surface area contributed by atoms with Gasteiger partial charge in [-0.15, -0.1) is 0 Å². The van der Waals surface area contributed by atoms with Crippen molar-refractivity contribution in [3.05, 3.63) is 36.2 Å². The van der Waals surface area contributed by atoms with Gasteiger partial charge >= 0.3 is 0 Å². The first-order valence-corrected chi connectivity index (χ1v) is 7.31. The summed E-state index contributed by atoms with van der Waals surface area (Å²) in [6, 6.07) is 5.88. The third-order valence-corrected chi connectivity index (χ3v) is 3.85. The number of rotatable bonds is 4. The Kier molecular flexibility index (Phi) is 4.17. The van der Waals surface area contributed by atoms with Gasteiger partial charge in [0.05, 0.1) is 18.3 Å². The van der Waals surface area contributed by atoms with Gasteiger partial charge in [0.15, 0.2) is 0 Å². The van der Waals surface area contributed by atoms with Crippen LogP contribution in [-0.2, 0) is 16.1 Å². The van der Waals surface area contributed by atoms with Crippen molar-refractivity contribution in [2.24, 2.45) is 0 Å². The summed E-state index contributed by atoms with van der Waals surface area (Å²) >= 11 is 0. The Morgan fingerprint density at radius 2 is 2.43 bits per heavy atom. The predicted octanol–water partition coefficient (Wildman–Crippen LogP) is 0.671. The molecule has 2 aromatic heterocycles. The minimum absolute atomic E-state index is 0.0524. The summed E-state index contributed by atoms with van der Waals surface area (Å²) in [6.45, 7) is 5.69. The molecule has 1 amide bonds. The molecule has 2 aromatic rings. The van der Waals surface area contributed by atoms with Crippen LogP contribution in [-0.4, -0.2) is 52.8 Å². The van der Waals surface area contributed by atoms with Gasteiger partial charge in [-0.25, -0.2) is 4.52 Å². The molecule has 0 bridgehead atoms. The third-order valence-electron chi connectivity index (χ3n) is 3.85. The number of morpholine rings is 1. The van der Waals surface area contributed by atoms with Gasteiger partial charge in [-0.2, -0.15) is 5.10 Å². The number of hydrogen-bond acceptors (Lipinski definition) is 4. The number of fused-ring (bicyclic) bond motifs is 1. The van der Waals surface area contributed by atoms with Gasteiger partial charge in [0.2, 0.25) is 0 Å². The highest BCUT2D eigenvalue weighted by atomic mass is 16.5. The maximum Gasteiger partial charge on any atom is 0.250 e. The zero-order valence-corrected chi connectivity index (χ0v) is 12.2. The Morgan fingerprint density at radius 3 is 3.29 bits per heavy atom. The maximum absolute atomic E-state index is 12.2. The minimum Gasteiger partial charge on any atom is -0.366 e. The molecular formula is C15H20N4O2. The zero-order valence-electron chi connectivity index (χ0n) is 12.2. The number of aromatic nitrogens is 2. The summed E-state index contributed by atoms with van der Waals surface area (Å²) in [7, 11) is 0. The summed E-state index contributed by atoms with van der Waals surface area (Å²) < 4.78 is 7.36. The molecule has 1 aliphatic rings. The number of pyridine rings is 1. The molecule has 6 heteroatoms. The Hall–Kier alpha value is -1.92. The van der Waals surface area contributed by atoms with Crippen molar-refractivity contribution >= 4 is 11.4 Å². The van der Waals surface area contributed by atoms with E-state index >= 15 is 0 Å². The summed E-state index contributed by atoms with van der Waals surface area (Å²) in [5.41, 5.74) is 2.02. The second-order valence-corrected chi connectivity index (χ2v) is 5.17. The minimum atomic E-state index is -0.375. The normalized spacial score (nSPS) is 19.8. The van der Waals surface area contributed by atoms with Gasteiger partial charge in [-0.05, 0) is 18.7 Å². The van der Waals surface area contributed by atoms with E-state index in [0.29, 0.717) is 19.7 Å². The van der Waals surface area contributed by atoms with Crippen LogP contribution in [0.3, 0.4) is 0 Å². The molecule has 0 spiro atoms. The lowest BCUT2D eigenvalue weighted by atomic mass is 10.2. The van der Waals surface area contributed by atoms with E-state index in [1.54, 1.807) is 10.7 Å². The molecule has 0 radical (unpaired) electrons. The molecule has 1 unspecified atom stereocenters. The quantitative estimate of drug-likeness (QED) is 0.898. The van der Waals surface area contributed by atoms with Gasteiger partial charge in [0.25, 0.3) is 5.91 Å². The molecule has 0 aliphatic carbocycles. The maximum atomic E-state index is 12.2. The van der Waals surface area contributed by atoms with Crippen molar-refractivity contribution in [1.29, 1.82) is 0 Å². The molecule has 3 heterocycles. The Balaban J connectivity index is 1.60. The summed E-state index contributed by atoms with van der Waals surface area (Å²) in [6.07, 6.45) is 3.31. The van der Waals surface area contributed by atoms with Crippen molar-refractivity contribution in [3.63, 3.8) is 0 Å². The average molecular weight is 288 g/mol. The van der Waals surface area contributed by atoms with E-state index < -0.39 is 0 Å². The largest absolute Gasteiger partial charge is 0.366 e. The third kappa shape index (κ3) is 3.06. The average Bonchev–Trinajstić information content (AvgIpc) is 2.96. The molecule has 1 N–H and O–H groups in total. The van der Waals surface area contributed by atoms with E-state index in [9.17, 15) is 4.79 Å². The molecule has 6 nitrogen and oxygen atoms in total. The molecule has 21 heavy (non-hydrogen) atoms. The van der Waals surface area contributed by atoms with Crippen LogP contribution < -0.4 is 5.32 Å². The molecule has 0 saturated carbocycles. The Morgan fingerprint density at radius 1 is 1.52 bits per heavy atom. The van der Waals surface area contributed by atoms with E-state index in [2.05, 4.69) is 22.2 Å². The van der Waals surface area contributed by atoms with Crippen LogP contribution in [0.1, 0.15) is 12.5 Å². The highest BCUT2D eigenvalue weighted by molar-refractivity contribution is 5.81. The van der Waals surface area contributed by atoms with Gasteiger partial charge in [-0.1, -0.05) is 13.0 Å². The van der Waals surface area contributed by atoms with Crippen LogP contribution in [0.15, 0.2) is 30.6 Å². The number of nitrogens with one attached hydrogen (secondary N) is 1. The summed E-state index contributed by atoms with van der Waals surface area (Å²) in [5.74, 6) is -0.0524. The number of amides is 1. The van der Waals surface area contributed by atoms with Gasteiger partial charge < -0.3 is 10.1 Å². The SMILES string of the molecule is CCN1CCOC(C(=O)NCc2cnn3ccccc23)C1. The summed E-state index contributed by atoms with van der Waals surface area (Å²) in [4.78, 5) is 14.4. The summed E-state index contributed by atoms with van der Waals surface area (Å²) in [5, 5.41) is 7.21. The van der Waals surface area contributed by atoms with E-state index in [-0.39, 0.29) is 12.0 Å². The monoisotopic (exact) mass is 288 g/mol. The van der Waals surface area contributed by atoms with Crippen LogP contribution in [0.4, 0.5) is 0 Å². The molecule has 0 aromatic carbocycles. The molecule has 1 atom stereocenters. The predicted molar refractivity (Wildman–Crippen MR) is 78.9 cm³/mol. The Bertz CT molecular complexity index is 625. The molecule has 1 aliphatic heterocycles. The standard InChI is InChI=1S/C15H20N4O2/c1-2-18-7-8-21-14(11-18)15(20)16-9-12-10-17-19-6-4-3-5-13(12)19/h3-6,10,14H,2,7-9,11H2,1H3,(H,16,20). The van der Waals surface area contributed by atoms with Crippen molar-refractivity contribution in [3.8, 4) is 0 Å². The molecule has 1 saturated heterocycles. The lowest BCUT2D eigenvalue weighted by Gasteiger charge is -2.31. The van der Waals surface area contributed by atoms with Crippen LogP contribution in [0.25, 0.3) is 5.52 Å². The van der Waals surface area contributed by atoms with Crippen LogP contribution in [0.2, 0.25) is 0 Å². The van der Waals surface area contributed by atoms with E-state index in [1.807, 2.05) is 24.4 Å². The fraction of sp³-hybridized carbons (Fsp3) is 0.467. The Labute approximate surface area is 123 Å². The number of carbonyl (C=O) groups is 1. The smallest absolute Gasteiger partial charge is 0.250 e. The van der Waals surface area contributed by atoms with Crippen molar-refractivity contribution in [1.82, 2.24) is 19.8 Å². The first-order valence-electron chi connectivity index (χ1n) is 7.31.